The molecule has 27 heavy (non-hydrogen) atoms. The van der Waals surface area contributed by atoms with Crippen LogP contribution in [0, 0.1) is 0 Å². The molecule has 0 amide bonds. The third kappa shape index (κ3) is 4.17. The summed E-state index contributed by atoms with van der Waals surface area (Å²) in [5.41, 5.74) is 1.89. The smallest absolute Gasteiger partial charge is 0.365 e. The fraction of sp³-hybridized carbons (Fsp3) is 0.562. The molecule has 0 bridgehead atoms. The molecule has 0 aromatic rings. The van der Waals surface area contributed by atoms with E-state index >= 15 is 0 Å². The lowest BCUT2D eigenvalue weighted by atomic mass is 10.0. The fourth-order valence-electron chi connectivity index (χ4n) is 2.72. The fourth-order valence-corrected chi connectivity index (χ4v) is 3.60. The van der Waals surface area contributed by atoms with Gasteiger partial charge in [0.15, 0.2) is 0 Å². The van der Waals surface area contributed by atoms with E-state index in [-0.39, 0.29) is 11.6 Å². The molecule has 4 aliphatic rings. The van der Waals surface area contributed by atoms with Crippen molar-refractivity contribution in [1.82, 2.24) is 14.7 Å². The predicted molar refractivity (Wildman–Crippen MR) is 94.7 cm³/mol. The Bertz CT molecular complexity index is 736. The molecule has 3 aliphatic heterocycles. The molecule has 10 nitrogen and oxygen atoms in total. The van der Waals surface area contributed by atoms with Crippen LogP contribution in [0.15, 0.2) is 27.8 Å². The summed E-state index contributed by atoms with van der Waals surface area (Å²) >= 11 is 0. The molecule has 0 saturated carbocycles. The van der Waals surface area contributed by atoms with E-state index in [9.17, 15) is 14.4 Å². The number of hydrogen-bond acceptors (Lipinski definition) is 10. The molecule has 0 spiro atoms. The summed E-state index contributed by atoms with van der Waals surface area (Å²) < 4.78 is 17.5. The van der Waals surface area contributed by atoms with Gasteiger partial charge in [-0.15, -0.1) is 0 Å². The molecule has 4 rings (SSSR count). The molecule has 0 N–H and O–H groups in total. The average Bonchev–Trinajstić information content (AvgIpc) is 3.50. The van der Waals surface area contributed by atoms with Crippen LogP contribution in [-0.4, -0.2) is 102 Å². The first-order valence-electron chi connectivity index (χ1n) is 8.54. The van der Waals surface area contributed by atoms with E-state index in [4.69, 9.17) is 13.3 Å². The number of carbonyl (C=O) groups excluding carboxylic acids is 3. The van der Waals surface area contributed by atoms with Crippen molar-refractivity contribution in [3.63, 3.8) is 0 Å². The molecule has 3 saturated heterocycles. The lowest BCUT2D eigenvalue weighted by molar-refractivity contribution is -0.117. The highest BCUT2D eigenvalue weighted by Crippen LogP contribution is 2.33. The first-order chi connectivity index (χ1) is 13.0. The Balaban J connectivity index is 0.000000183. The Labute approximate surface area is 158 Å². The van der Waals surface area contributed by atoms with E-state index in [2.05, 4.69) is 4.66 Å². The van der Waals surface area contributed by atoms with Crippen LogP contribution < -0.4 is 0 Å². The summed E-state index contributed by atoms with van der Waals surface area (Å²) in [5.74, 6) is 0.0485. The van der Waals surface area contributed by atoms with Crippen molar-refractivity contribution in [1.29, 1.82) is 0 Å². The SMILES string of the molecule is CO[Si](N=C=O)(OC)OC.O=C1C=C(N2CC2)C(=O)C(N2CC2)=C1N1CC1. The van der Waals surface area contributed by atoms with E-state index in [0.717, 1.165) is 39.3 Å². The molecule has 146 valence electrons. The van der Waals surface area contributed by atoms with Crippen LogP contribution in [0.1, 0.15) is 0 Å². The Morgan fingerprint density at radius 3 is 1.74 bits per heavy atom. The Hall–Kier alpha value is -2.30. The lowest BCUT2D eigenvalue weighted by Gasteiger charge is -2.21. The van der Waals surface area contributed by atoms with Crippen molar-refractivity contribution >= 4 is 26.6 Å². The van der Waals surface area contributed by atoms with Gasteiger partial charge in [0.1, 0.15) is 11.4 Å². The topological polar surface area (TPSA) is 100 Å². The van der Waals surface area contributed by atoms with Gasteiger partial charge in [0.2, 0.25) is 17.6 Å². The zero-order valence-electron chi connectivity index (χ0n) is 15.6. The third-order valence-corrected chi connectivity index (χ3v) is 6.36. The maximum Gasteiger partial charge on any atom is 0.662 e. The van der Waals surface area contributed by atoms with Crippen LogP contribution in [-0.2, 0) is 27.7 Å². The lowest BCUT2D eigenvalue weighted by Crippen LogP contribution is -2.40. The quantitative estimate of drug-likeness (QED) is 0.175. The van der Waals surface area contributed by atoms with E-state index in [0.29, 0.717) is 17.1 Å². The first-order valence-corrected chi connectivity index (χ1v) is 10.2. The minimum atomic E-state index is -3.02. The molecule has 0 unspecified atom stereocenters. The van der Waals surface area contributed by atoms with Crippen molar-refractivity contribution in [3.05, 3.63) is 23.2 Å². The maximum atomic E-state index is 12.4. The molecule has 11 heteroatoms. The van der Waals surface area contributed by atoms with Gasteiger partial charge < -0.3 is 28.0 Å². The number of Topliss-reactive ketones (excluding diaryl/α,β-unsaturated/α-hetero) is 1. The minimum Gasteiger partial charge on any atom is -0.365 e. The minimum absolute atomic E-state index is 0.00546. The molecule has 1 aliphatic carbocycles. The van der Waals surface area contributed by atoms with Gasteiger partial charge in [-0.25, -0.2) is 4.79 Å². The monoisotopic (exact) mass is 394 g/mol. The summed E-state index contributed by atoms with van der Waals surface area (Å²) in [5, 5.41) is 0. The highest BCUT2D eigenvalue weighted by molar-refractivity contribution is 6.59. The summed E-state index contributed by atoms with van der Waals surface area (Å²) in [6.07, 6.45) is 2.85. The van der Waals surface area contributed by atoms with Crippen LogP contribution in [0.2, 0.25) is 0 Å². The van der Waals surface area contributed by atoms with Crippen LogP contribution >= 0.6 is 0 Å². The second kappa shape index (κ2) is 7.75. The Morgan fingerprint density at radius 1 is 0.889 bits per heavy atom. The van der Waals surface area contributed by atoms with Crippen LogP contribution in [0.5, 0.6) is 0 Å². The molecule has 3 heterocycles. The number of ketones is 2. The van der Waals surface area contributed by atoms with E-state index < -0.39 is 8.97 Å². The van der Waals surface area contributed by atoms with E-state index in [1.165, 1.54) is 33.5 Å². The Morgan fingerprint density at radius 2 is 1.37 bits per heavy atom. The third-order valence-electron chi connectivity index (χ3n) is 4.44. The van der Waals surface area contributed by atoms with E-state index in [1.807, 2.05) is 14.7 Å². The van der Waals surface area contributed by atoms with Crippen molar-refractivity contribution in [2.45, 2.75) is 0 Å². The highest BCUT2D eigenvalue weighted by Gasteiger charge is 2.43. The molecule has 0 aromatic carbocycles. The molecule has 0 atom stereocenters. The van der Waals surface area contributed by atoms with Crippen LogP contribution in [0.4, 0.5) is 0 Å². The summed E-state index contributed by atoms with van der Waals surface area (Å²) in [6, 6.07) is 0. The van der Waals surface area contributed by atoms with Gasteiger partial charge in [0.25, 0.3) is 0 Å². The molecule has 3 fully saturated rings. The van der Waals surface area contributed by atoms with Crippen molar-refractivity contribution in [3.8, 4) is 0 Å². The zero-order chi connectivity index (χ0) is 19.6. The number of allylic oxidation sites excluding steroid dienone is 1. The zero-order valence-corrected chi connectivity index (χ0v) is 16.6. The van der Waals surface area contributed by atoms with Crippen molar-refractivity contribution in [2.75, 3.05) is 60.6 Å². The highest BCUT2D eigenvalue weighted by atomic mass is 28.4. The first kappa shape index (κ1) is 19.5. The number of carbonyl (C=O) groups is 2. The Kier molecular flexibility index (Phi) is 5.58. The average molecular weight is 394 g/mol. The van der Waals surface area contributed by atoms with Gasteiger partial charge in [-0.1, -0.05) is 0 Å². The summed E-state index contributed by atoms with van der Waals surface area (Å²) in [4.78, 5) is 40.3. The standard InChI is InChI=1S/C12H13N3O2.C4H9NO4Si/c16-9-7-8(13-1-2-13)12(17)11(15-5-6-15)10(9)14-3-4-14;1-7-10(8-2,9-3)5-4-6/h7H,1-6H2;1-3H3. The maximum absolute atomic E-state index is 12.4. The van der Waals surface area contributed by atoms with Gasteiger partial charge in [0, 0.05) is 66.7 Å². The number of isocyanates is 1. The molecular weight excluding hydrogens is 372 g/mol. The van der Waals surface area contributed by atoms with Gasteiger partial charge in [-0.3, -0.25) is 9.59 Å². The molecule has 0 radical (unpaired) electrons. The number of rotatable bonds is 7. The van der Waals surface area contributed by atoms with Crippen molar-refractivity contribution < 1.29 is 27.7 Å². The molecule has 0 aromatic heterocycles. The van der Waals surface area contributed by atoms with Gasteiger partial charge >= 0.3 is 8.97 Å². The number of nitrogens with zero attached hydrogens (tertiary/aromatic N) is 4. The van der Waals surface area contributed by atoms with Crippen molar-refractivity contribution in [2.24, 2.45) is 4.66 Å². The second-order valence-corrected chi connectivity index (χ2v) is 8.72. The van der Waals surface area contributed by atoms with Crippen LogP contribution in [0.25, 0.3) is 0 Å². The largest absolute Gasteiger partial charge is 0.662 e. The van der Waals surface area contributed by atoms with E-state index in [1.54, 1.807) is 0 Å². The summed E-state index contributed by atoms with van der Waals surface area (Å²) in [7, 11) is 1.07. The van der Waals surface area contributed by atoms with Gasteiger partial charge in [-0.2, -0.15) is 4.66 Å². The van der Waals surface area contributed by atoms with Gasteiger partial charge in [0.05, 0.1) is 5.70 Å². The molecular formula is C16H22N4O6Si. The predicted octanol–water partition coefficient (Wildman–Crippen LogP) is -1.12. The normalized spacial score (nSPS) is 20.7. The number of hydrogen-bond donors (Lipinski definition) is 0. The van der Waals surface area contributed by atoms with Crippen LogP contribution in [0.3, 0.4) is 0 Å². The second-order valence-electron chi connectivity index (χ2n) is 6.22. The van der Waals surface area contributed by atoms with Gasteiger partial charge in [-0.05, 0) is 0 Å². The summed E-state index contributed by atoms with van der Waals surface area (Å²) in [6.45, 7) is 5.41.